The number of hydrogen-bond acceptors (Lipinski definition) is 5. The third-order valence-electron chi connectivity index (χ3n) is 8.67. The number of ketones is 1. The number of Topliss-reactive ketones (excluding diaryl/α,β-unsaturated/α-hetero) is 1. The highest BCUT2D eigenvalue weighted by molar-refractivity contribution is 6.10. The van der Waals surface area contributed by atoms with Crippen LogP contribution in [0.25, 0.3) is 0 Å². The van der Waals surface area contributed by atoms with Crippen LogP contribution in [0.15, 0.2) is 48.1 Å². The smallest absolute Gasteiger partial charge is 0.320 e. The Morgan fingerprint density at radius 1 is 1.03 bits per heavy atom. The third kappa shape index (κ3) is 2.75. The standard InChI is InChI=1S/C26H34O5/c1-15-14-24(5)19(26(7,29)17(3)31-24)18(15)12-10-8-9-11-13-23(4)21-16(2)20(27)25(23,6)22(28)30-21/h8-14,16-19,21,29H,1-7H3/b9-8+,12-10+,13-11?/t16-,17-,18-,19+,21-,23+,24-,25-,26+/m0/s1. The second kappa shape index (κ2) is 6.76. The molecule has 4 rings (SSSR count). The Balaban J connectivity index is 1.48. The fourth-order valence-corrected chi connectivity index (χ4v) is 6.59. The molecule has 0 amide bonds. The summed E-state index contributed by atoms with van der Waals surface area (Å²) in [6.07, 6.45) is 13.3. The Morgan fingerprint density at radius 3 is 2.32 bits per heavy atom. The Labute approximate surface area is 184 Å². The van der Waals surface area contributed by atoms with Crippen LogP contribution in [0.2, 0.25) is 0 Å². The zero-order valence-corrected chi connectivity index (χ0v) is 19.5. The van der Waals surface area contributed by atoms with Gasteiger partial charge in [-0.2, -0.15) is 0 Å². The molecule has 1 saturated carbocycles. The molecular formula is C26H34O5. The molecule has 31 heavy (non-hydrogen) atoms. The van der Waals surface area contributed by atoms with Gasteiger partial charge in [0.15, 0.2) is 5.78 Å². The molecule has 0 spiro atoms. The summed E-state index contributed by atoms with van der Waals surface area (Å²) in [5, 5.41) is 11.0. The summed E-state index contributed by atoms with van der Waals surface area (Å²) in [6, 6.07) is 0. The van der Waals surface area contributed by atoms with Crippen LogP contribution in [-0.4, -0.2) is 40.3 Å². The van der Waals surface area contributed by atoms with Gasteiger partial charge in [0.2, 0.25) is 0 Å². The number of hydrogen-bond donors (Lipinski definition) is 1. The zero-order chi connectivity index (χ0) is 23.0. The fourth-order valence-electron chi connectivity index (χ4n) is 6.59. The van der Waals surface area contributed by atoms with Gasteiger partial charge in [0, 0.05) is 17.3 Å². The number of fused-ring (bicyclic) bond motifs is 3. The molecule has 2 saturated heterocycles. The van der Waals surface area contributed by atoms with Crippen molar-refractivity contribution in [1.82, 2.24) is 0 Å². The van der Waals surface area contributed by atoms with Gasteiger partial charge in [-0.05, 0) is 34.6 Å². The fraction of sp³-hybridized carbons (Fsp3) is 0.615. The predicted molar refractivity (Wildman–Crippen MR) is 118 cm³/mol. The number of carbonyl (C=O) groups is 2. The van der Waals surface area contributed by atoms with Crippen LogP contribution in [-0.2, 0) is 19.1 Å². The molecule has 0 radical (unpaired) electrons. The molecule has 0 aromatic carbocycles. The van der Waals surface area contributed by atoms with Gasteiger partial charge in [0.05, 0.1) is 23.2 Å². The number of aliphatic hydroxyl groups is 1. The van der Waals surface area contributed by atoms with Crippen LogP contribution < -0.4 is 0 Å². The van der Waals surface area contributed by atoms with Crippen molar-refractivity contribution in [3.63, 3.8) is 0 Å². The number of allylic oxidation sites excluding steroid dienone is 6. The van der Waals surface area contributed by atoms with E-state index < -0.39 is 34.1 Å². The molecule has 0 unspecified atom stereocenters. The van der Waals surface area contributed by atoms with Crippen molar-refractivity contribution in [2.24, 2.45) is 28.6 Å². The van der Waals surface area contributed by atoms with E-state index in [0.717, 1.165) is 0 Å². The van der Waals surface area contributed by atoms with E-state index in [9.17, 15) is 14.7 Å². The molecule has 5 heteroatoms. The van der Waals surface area contributed by atoms with Gasteiger partial charge in [-0.3, -0.25) is 9.59 Å². The van der Waals surface area contributed by atoms with E-state index in [2.05, 4.69) is 19.1 Å². The maximum atomic E-state index is 12.6. The number of ether oxygens (including phenoxy) is 2. The van der Waals surface area contributed by atoms with Crippen LogP contribution in [0.5, 0.6) is 0 Å². The number of rotatable bonds is 4. The first kappa shape index (κ1) is 22.2. The van der Waals surface area contributed by atoms with Gasteiger partial charge in [0.1, 0.15) is 11.5 Å². The van der Waals surface area contributed by atoms with Crippen molar-refractivity contribution in [1.29, 1.82) is 0 Å². The molecule has 5 nitrogen and oxygen atoms in total. The van der Waals surface area contributed by atoms with Crippen molar-refractivity contribution < 1.29 is 24.2 Å². The lowest BCUT2D eigenvalue weighted by Gasteiger charge is -2.33. The molecule has 0 aromatic heterocycles. The molecule has 4 aliphatic rings. The highest BCUT2D eigenvalue weighted by Crippen LogP contribution is 2.60. The molecule has 2 bridgehead atoms. The summed E-state index contributed by atoms with van der Waals surface area (Å²) in [6.45, 7) is 13.4. The first-order valence-electron chi connectivity index (χ1n) is 11.2. The summed E-state index contributed by atoms with van der Waals surface area (Å²) in [5.74, 6) is -0.653. The lowest BCUT2D eigenvalue weighted by Crippen LogP contribution is -2.44. The topological polar surface area (TPSA) is 72.8 Å². The summed E-state index contributed by atoms with van der Waals surface area (Å²) in [7, 11) is 0. The van der Waals surface area contributed by atoms with Crippen LogP contribution in [0, 0.1) is 28.6 Å². The molecule has 9 atom stereocenters. The molecule has 2 aliphatic heterocycles. The van der Waals surface area contributed by atoms with Crippen LogP contribution >= 0.6 is 0 Å². The van der Waals surface area contributed by atoms with Gasteiger partial charge >= 0.3 is 5.97 Å². The average Bonchev–Trinajstić information content (AvgIpc) is 3.17. The lowest BCUT2D eigenvalue weighted by atomic mass is 9.68. The van der Waals surface area contributed by atoms with Crippen molar-refractivity contribution in [2.45, 2.75) is 71.9 Å². The monoisotopic (exact) mass is 426 g/mol. The largest absolute Gasteiger partial charge is 0.460 e. The van der Waals surface area contributed by atoms with Crippen molar-refractivity contribution in [3.8, 4) is 0 Å². The van der Waals surface area contributed by atoms with E-state index in [0.29, 0.717) is 0 Å². The van der Waals surface area contributed by atoms with Gasteiger partial charge < -0.3 is 14.6 Å². The second-order valence-electron chi connectivity index (χ2n) is 10.6. The summed E-state index contributed by atoms with van der Waals surface area (Å²) in [4.78, 5) is 24.9. The van der Waals surface area contributed by atoms with E-state index >= 15 is 0 Å². The van der Waals surface area contributed by atoms with Crippen LogP contribution in [0.1, 0.15) is 48.5 Å². The van der Waals surface area contributed by atoms with Gasteiger partial charge in [0.25, 0.3) is 0 Å². The summed E-state index contributed by atoms with van der Waals surface area (Å²) in [5.41, 5.74) is -1.91. The predicted octanol–water partition coefficient (Wildman–Crippen LogP) is 3.93. The van der Waals surface area contributed by atoms with E-state index in [1.54, 1.807) is 6.92 Å². The van der Waals surface area contributed by atoms with Crippen molar-refractivity contribution in [3.05, 3.63) is 48.1 Å². The van der Waals surface area contributed by atoms with E-state index in [-0.39, 0.29) is 29.6 Å². The third-order valence-corrected chi connectivity index (χ3v) is 8.67. The van der Waals surface area contributed by atoms with Crippen molar-refractivity contribution >= 4 is 11.8 Å². The minimum atomic E-state index is -1.11. The summed E-state index contributed by atoms with van der Waals surface area (Å²) < 4.78 is 11.6. The normalized spacial score (nSPS) is 51.5. The maximum absolute atomic E-state index is 12.6. The Kier molecular flexibility index (Phi) is 4.84. The molecule has 2 heterocycles. The molecular weight excluding hydrogens is 392 g/mol. The lowest BCUT2D eigenvalue weighted by molar-refractivity contribution is -0.161. The number of carbonyl (C=O) groups excluding carboxylic acids is 2. The van der Waals surface area contributed by atoms with Gasteiger partial charge in [-0.1, -0.05) is 62.0 Å². The Hall–Kier alpha value is -1.98. The SMILES string of the molecule is CC1=C[C@]2(C)O[C@@H](C)[C@@](C)(O)[C@@H]2[C@H]1/C=C/C=C/C=C[C@]1(C)[C@H]2OC(=O)[C@]1(C)C(=O)[C@@H]2C. The minimum Gasteiger partial charge on any atom is -0.460 e. The zero-order valence-electron chi connectivity index (χ0n) is 19.5. The first-order valence-corrected chi connectivity index (χ1v) is 11.2. The molecule has 0 aromatic rings. The molecule has 3 fully saturated rings. The molecule has 168 valence electrons. The first-order chi connectivity index (χ1) is 14.3. The van der Waals surface area contributed by atoms with Gasteiger partial charge in [-0.15, -0.1) is 0 Å². The van der Waals surface area contributed by atoms with E-state index in [4.69, 9.17) is 9.47 Å². The minimum absolute atomic E-state index is 0.0289. The highest BCUT2D eigenvalue weighted by Gasteiger charge is 2.73. The van der Waals surface area contributed by atoms with Crippen molar-refractivity contribution in [2.75, 3.05) is 0 Å². The number of esters is 1. The molecule has 1 N–H and O–H groups in total. The van der Waals surface area contributed by atoms with Gasteiger partial charge in [-0.25, -0.2) is 0 Å². The highest BCUT2D eigenvalue weighted by atomic mass is 16.6. The van der Waals surface area contributed by atoms with E-state index in [1.165, 1.54) is 5.57 Å². The summed E-state index contributed by atoms with van der Waals surface area (Å²) >= 11 is 0. The average molecular weight is 427 g/mol. The second-order valence-corrected chi connectivity index (χ2v) is 10.6. The maximum Gasteiger partial charge on any atom is 0.320 e. The van der Waals surface area contributed by atoms with Crippen LogP contribution in [0.3, 0.4) is 0 Å². The Bertz CT molecular complexity index is 939. The van der Waals surface area contributed by atoms with Crippen LogP contribution in [0.4, 0.5) is 0 Å². The Morgan fingerprint density at radius 2 is 1.68 bits per heavy atom. The quantitative estimate of drug-likeness (QED) is 0.319. The molecule has 2 aliphatic carbocycles. The van der Waals surface area contributed by atoms with E-state index in [1.807, 2.05) is 65.0 Å².